The van der Waals surface area contributed by atoms with Gasteiger partial charge in [0.1, 0.15) is 11.6 Å². The maximum Gasteiger partial charge on any atom is 0.327 e. The molecular weight excluding hydrogens is 353 g/mol. The van der Waals surface area contributed by atoms with E-state index < -0.39 is 38.0 Å². The second-order valence-electron chi connectivity index (χ2n) is 5.94. The van der Waals surface area contributed by atoms with E-state index >= 15 is 0 Å². The first kappa shape index (κ1) is 19.2. The second-order valence-corrected chi connectivity index (χ2v) is 8.27. The topological polar surface area (TPSA) is 101 Å². The van der Waals surface area contributed by atoms with Crippen LogP contribution in [0.1, 0.15) is 30.1 Å². The van der Waals surface area contributed by atoms with Crippen LogP contribution in [0.25, 0.3) is 0 Å². The number of ether oxygens (including phenoxy) is 1. The van der Waals surface area contributed by atoms with Crippen LogP contribution in [-0.2, 0) is 19.4 Å². The molecule has 0 radical (unpaired) electrons. The van der Waals surface area contributed by atoms with E-state index in [2.05, 4.69) is 0 Å². The minimum absolute atomic E-state index is 0.00152. The van der Waals surface area contributed by atoms with Crippen molar-refractivity contribution >= 4 is 21.7 Å². The van der Waals surface area contributed by atoms with E-state index in [9.17, 15) is 27.5 Å². The minimum Gasteiger partial charge on any atom is -0.507 e. The monoisotopic (exact) mass is 373 g/mol. The van der Waals surface area contributed by atoms with E-state index in [1.807, 2.05) is 0 Å². The first-order valence-electron chi connectivity index (χ1n) is 7.77. The lowest BCUT2D eigenvalue weighted by Gasteiger charge is -2.38. The third kappa shape index (κ3) is 3.60. The molecule has 0 saturated carbocycles. The fraction of sp³-hybridized carbons (Fsp3) is 0.500. The molecule has 2 rings (SSSR count). The molecule has 7 nitrogen and oxygen atoms in total. The molecule has 0 aliphatic carbocycles. The summed E-state index contributed by atoms with van der Waals surface area (Å²) >= 11 is 0. The molecule has 1 amide bonds. The molecule has 9 heteroatoms. The molecule has 1 saturated heterocycles. The van der Waals surface area contributed by atoms with Gasteiger partial charge in [-0.2, -0.15) is 0 Å². The standard InChI is InChI=1S/C16H20FNO6S/c1-3-24-15(21)16(25(2,22)23)6-8-18(9-7-16)14(20)12-5-4-11(17)10-13(12)19/h4-5,10,19H,3,6-9H2,1-2H3. The molecule has 25 heavy (non-hydrogen) atoms. The van der Waals surface area contributed by atoms with E-state index in [-0.39, 0.29) is 38.1 Å². The molecule has 1 aromatic carbocycles. The highest BCUT2D eigenvalue weighted by atomic mass is 32.2. The summed E-state index contributed by atoms with van der Waals surface area (Å²) < 4.78 is 40.6. The van der Waals surface area contributed by atoms with Crippen LogP contribution in [0.15, 0.2) is 18.2 Å². The molecule has 0 bridgehead atoms. The van der Waals surface area contributed by atoms with E-state index in [1.165, 1.54) is 4.90 Å². The van der Waals surface area contributed by atoms with Crippen molar-refractivity contribution in [3.05, 3.63) is 29.6 Å². The van der Waals surface area contributed by atoms with Gasteiger partial charge in [0, 0.05) is 25.4 Å². The number of esters is 1. The fourth-order valence-corrected chi connectivity index (χ4v) is 4.20. The SMILES string of the molecule is CCOC(=O)C1(S(C)(=O)=O)CCN(C(=O)c2ccc(F)cc2O)CC1. The van der Waals surface area contributed by atoms with Gasteiger partial charge in [0.15, 0.2) is 14.6 Å². The predicted octanol–water partition coefficient (Wildman–Crippen LogP) is 1.11. The third-order valence-electron chi connectivity index (χ3n) is 4.41. The lowest BCUT2D eigenvalue weighted by atomic mass is 9.95. The van der Waals surface area contributed by atoms with Crippen LogP contribution in [0.4, 0.5) is 4.39 Å². The molecule has 1 fully saturated rings. The number of nitrogens with zero attached hydrogens (tertiary/aromatic N) is 1. The summed E-state index contributed by atoms with van der Waals surface area (Å²) in [5, 5.41) is 9.73. The number of likely N-dealkylation sites (tertiary alicyclic amines) is 1. The van der Waals surface area contributed by atoms with Gasteiger partial charge in [-0.05, 0) is 31.9 Å². The Kier molecular flexibility index (Phi) is 5.36. The average molecular weight is 373 g/mol. The van der Waals surface area contributed by atoms with E-state index in [0.29, 0.717) is 0 Å². The quantitative estimate of drug-likeness (QED) is 0.794. The molecule has 1 heterocycles. The molecule has 138 valence electrons. The molecule has 1 N–H and O–H groups in total. The van der Waals surface area contributed by atoms with Crippen molar-refractivity contribution in [2.75, 3.05) is 26.0 Å². The van der Waals surface area contributed by atoms with Crippen molar-refractivity contribution < 1.29 is 32.2 Å². The van der Waals surface area contributed by atoms with Gasteiger partial charge >= 0.3 is 5.97 Å². The van der Waals surface area contributed by atoms with Crippen LogP contribution < -0.4 is 0 Å². The maximum atomic E-state index is 13.0. The van der Waals surface area contributed by atoms with Crippen LogP contribution in [0.3, 0.4) is 0 Å². The van der Waals surface area contributed by atoms with Gasteiger partial charge in [0.25, 0.3) is 5.91 Å². The number of carbonyl (C=O) groups excluding carboxylic acids is 2. The van der Waals surface area contributed by atoms with Crippen LogP contribution in [0.5, 0.6) is 5.75 Å². The maximum absolute atomic E-state index is 13.0. The van der Waals surface area contributed by atoms with Crippen LogP contribution in [0.2, 0.25) is 0 Å². The Hall–Kier alpha value is -2.16. The normalized spacial score (nSPS) is 17.2. The highest BCUT2D eigenvalue weighted by Gasteiger charge is 2.51. The van der Waals surface area contributed by atoms with E-state index in [4.69, 9.17) is 4.74 Å². The third-order valence-corrected chi connectivity index (χ3v) is 6.40. The smallest absolute Gasteiger partial charge is 0.327 e. The first-order valence-corrected chi connectivity index (χ1v) is 9.66. The fourth-order valence-electron chi connectivity index (χ4n) is 2.92. The molecule has 0 aromatic heterocycles. The van der Waals surface area contributed by atoms with Crippen molar-refractivity contribution in [2.24, 2.45) is 0 Å². The van der Waals surface area contributed by atoms with Crippen LogP contribution in [-0.4, -0.2) is 61.0 Å². The molecular formula is C16H20FNO6S. The van der Waals surface area contributed by atoms with Crippen molar-refractivity contribution in [2.45, 2.75) is 24.5 Å². The number of phenols is 1. The Labute approximate surface area is 145 Å². The number of amides is 1. The van der Waals surface area contributed by atoms with E-state index in [0.717, 1.165) is 24.5 Å². The number of hydrogen-bond acceptors (Lipinski definition) is 6. The zero-order valence-corrected chi connectivity index (χ0v) is 14.8. The first-order chi connectivity index (χ1) is 11.6. The Morgan fingerprint density at radius 1 is 1.32 bits per heavy atom. The highest BCUT2D eigenvalue weighted by molar-refractivity contribution is 7.92. The zero-order chi connectivity index (χ0) is 18.8. The Morgan fingerprint density at radius 3 is 2.40 bits per heavy atom. The van der Waals surface area contributed by atoms with Gasteiger partial charge in [0.2, 0.25) is 0 Å². The number of piperidine rings is 1. The number of benzene rings is 1. The highest BCUT2D eigenvalue weighted by Crippen LogP contribution is 2.33. The number of aromatic hydroxyl groups is 1. The minimum atomic E-state index is -3.75. The van der Waals surface area contributed by atoms with Gasteiger partial charge in [-0.3, -0.25) is 9.59 Å². The summed E-state index contributed by atoms with van der Waals surface area (Å²) in [6, 6.07) is 3.05. The van der Waals surface area contributed by atoms with Crippen molar-refractivity contribution in [3.8, 4) is 5.75 Å². The molecule has 1 aliphatic heterocycles. The van der Waals surface area contributed by atoms with Crippen molar-refractivity contribution in [1.82, 2.24) is 4.90 Å². The van der Waals surface area contributed by atoms with Crippen LogP contribution >= 0.6 is 0 Å². The average Bonchev–Trinajstić information content (AvgIpc) is 2.53. The van der Waals surface area contributed by atoms with E-state index in [1.54, 1.807) is 6.92 Å². The Bertz CT molecular complexity index is 784. The number of sulfone groups is 1. The lowest BCUT2D eigenvalue weighted by Crippen LogP contribution is -2.55. The lowest BCUT2D eigenvalue weighted by molar-refractivity contribution is -0.147. The molecule has 1 aliphatic rings. The van der Waals surface area contributed by atoms with Crippen LogP contribution in [0, 0.1) is 5.82 Å². The number of hydrogen-bond donors (Lipinski definition) is 1. The summed E-state index contributed by atoms with van der Waals surface area (Å²) in [5.74, 6) is -2.53. The second kappa shape index (κ2) is 6.99. The van der Waals surface area contributed by atoms with Crippen molar-refractivity contribution in [1.29, 1.82) is 0 Å². The van der Waals surface area contributed by atoms with Gasteiger partial charge in [0.05, 0.1) is 12.2 Å². The number of halogens is 1. The summed E-state index contributed by atoms with van der Waals surface area (Å²) in [6.45, 7) is 1.65. The zero-order valence-electron chi connectivity index (χ0n) is 14.0. The molecule has 0 atom stereocenters. The summed E-state index contributed by atoms with van der Waals surface area (Å²) in [5.41, 5.74) is -0.0793. The number of phenolic OH excluding ortho intramolecular Hbond substituents is 1. The Balaban J connectivity index is 2.21. The largest absolute Gasteiger partial charge is 0.507 e. The summed E-state index contributed by atoms with van der Waals surface area (Å²) in [6.07, 6.45) is 0.782. The van der Waals surface area contributed by atoms with Gasteiger partial charge in [-0.1, -0.05) is 0 Å². The molecule has 1 aromatic rings. The summed E-state index contributed by atoms with van der Waals surface area (Å²) in [4.78, 5) is 26.0. The number of carbonyl (C=O) groups is 2. The van der Waals surface area contributed by atoms with Gasteiger partial charge < -0.3 is 14.7 Å². The van der Waals surface area contributed by atoms with Gasteiger partial charge in [-0.25, -0.2) is 12.8 Å². The number of rotatable bonds is 4. The summed E-state index contributed by atoms with van der Waals surface area (Å²) in [7, 11) is -3.75. The molecule has 0 spiro atoms. The predicted molar refractivity (Wildman–Crippen MR) is 87.4 cm³/mol. The van der Waals surface area contributed by atoms with Crippen molar-refractivity contribution in [3.63, 3.8) is 0 Å². The van der Waals surface area contributed by atoms with Gasteiger partial charge in [-0.15, -0.1) is 0 Å². The Morgan fingerprint density at radius 2 is 1.92 bits per heavy atom. The molecule has 0 unspecified atom stereocenters.